The molecule has 0 bridgehead atoms. The van der Waals surface area contributed by atoms with E-state index in [-0.39, 0.29) is 24.4 Å². The Kier molecular flexibility index (Phi) is 3.99. The molecule has 1 fully saturated rings. The van der Waals surface area contributed by atoms with Crippen molar-refractivity contribution in [2.45, 2.75) is 25.3 Å². The third-order valence-corrected chi connectivity index (χ3v) is 4.23. The van der Waals surface area contributed by atoms with Gasteiger partial charge < -0.3 is 19.5 Å². The molecule has 1 aromatic rings. The van der Waals surface area contributed by atoms with Gasteiger partial charge >= 0.3 is 0 Å². The molecule has 1 aliphatic heterocycles. The molecule has 6 heteroatoms. The fraction of sp³-hybridized carbons (Fsp3) is 0.583. The van der Waals surface area contributed by atoms with Gasteiger partial charge in [0, 0.05) is 0 Å². The van der Waals surface area contributed by atoms with E-state index < -0.39 is 6.10 Å². The van der Waals surface area contributed by atoms with Crippen molar-refractivity contribution in [1.29, 1.82) is 0 Å². The smallest absolute Gasteiger partial charge is 0.234 e. The number of thioether (sulfide) groups is 1. The highest BCUT2D eigenvalue weighted by molar-refractivity contribution is 8.00. The molecular formula is C12H17NO4S. The van der Waals surface area contributed by atoms with E-state index >= 15 is 0 Å². The molecule has 1 aromatic heterocycles. The molecule has 0 saturated carbocycles. The van der Waals surface area contributed by atoms with E-state index in [1.54, 1.807) is 4.90 Å². The lowest BCUT2D eigenvalue weighted by atomic mass is 10.2. The predicted molar refractivity (Wildman–Crippen MR) is 68.2 cm³/mol. The van der Waals surface area contributed by atoms with Crippen LogP contribution in [0.25, 0.3) is 0 Å². The average Bonchev–Trinajstić information content (AvgIpc) is 2.85. The number of hydrogen-bond donors (Lipinski definition) is 2. The van der Waals surface area contributed by atoms with Gasteiger partial charge in [0.05, 0.1) is 25.0 Å². The van der Waals surface area contributed by atoms with E-state index in [1.807, 2.05) is 19.9 Å². The second kappa shape index (κ2) is 5.34. The number of carbonyl (C=O) groups excluding carboxylic acids is 1. The normalized spacial score (nSPS) is 21.7. The Morgan fingerprint density at radius 3 is 2.89 bits per heavy atom. The molecule has 18 heavy (non-hydrogen) atoms. The highest BCUT2D eigenvalue weighted by atomic mass is 32.2. The second-order valence-electron chi connectivity index (χ2n) is 4.43. The Balaban J connectivity index is 2.18. The van der Waals surface area contributed by atoms with Gasteiger partial charge in [0.2, 0.25) is 5.91 Å². The first-order chi connectivity index (χ1) is 8.52. The zero-order valence-electron chi connectivity index (χ0n) is 10.4. The van der Waals surface area contributed by atoms with E-state index in [1.165, 1.54) is 11.8 Å². The molecule has 2 atom stereocenters. The first-order valence-corrected chi connectivity index (χ1v) is 6.84. The number of amides is 1. The summed E-state index contributed by atoms with van der Waals surface area (Å²) in [6.45, 7) is 3.62. The Labute approximate surface area is 110 Å². The van der Waals surface area contributed by atoms with Gasteiger partial charge in [-0.25, -0.2) is 0 Å². The lowest BCUT2D eigenvalue weighted by Gasteiger charge is -2.24. The Bertz CT molecular complexity index is 426. The fourth-order valence-electron chi connectivity index (χ4n) is 1.90. The van der Waals surface area contributed by atoms with Crippen molar-refractivity contribution in [3.63, 3.8) is 0 Å². The number of aliphatic hydroxyl groups excluding tert-OH is 2. The summed E-state index contributed by atoms with van der Waals surface area (Å²) in [5, 5.41) is 18.1. The van der Waals surface area contributed by atoms with Crippen LogP contribution in [0.4, 0.5) is 0 Å². The topological polar surface area (TPSA) is 73.9 Å². The number of carbonyl (C=O) groups is 1. The molecule has 0 radical (unpaired) electrons. The van der Waals surface area contributed by atoms with E-state index in [2.05, 4.69) is 0 Å². The maximum Gasteiger partial charge on any atom is 0.234 e. The van der Waals surface area contributed by atoms with E-state index in [0.717, 1.165) is 17.1 Å². The van der Waals surface area contributed by atoms with E-state index in [0.29, 0.717) is 5.75 Å². The van der Waals surface area contributed by atoms with Crippen molar-refractivity contribution < 1.29 is 19.4 Å². The average molecular weight is 271 g/mol. The first-order valence-electron chi connectivity index (χ1n) is 5.80. The van der Waals surface area contributed by atoms with Gasteiger partial charge in [-0.3, -0.25) is 4.79 Å². The molecule has 1 unspecified atom stereocenters. The number of rotatable bonds is 4. The van der Waals surface area contributed by atoms with Crippen molar-refractivity contribution >= 4 is 17.7 Å². The number of hydrogen-bond acceptors (Lipinski definition) is 5. The number of β-amino-alcohol motifs (C(OH)–C–C–N with tert-alkyl or cyclic N) is 1. The van der Waals surface area contributed by atoms with Gasteiger partial charge in [-0.1, -0.05) is 0 Å². The van der Waals surface area contributed by atoms with Gasteiger partial charge in [-0.15, -0.1) is 11.8 Å². The van der Waals surface area contributed by atoms with Crippen molar-refractivity contribution in [2.24, 2.45) is 0 Å². The van der Waals surface area contributed by atoms with E-state index in [4.69, 9.17) is 9.52 Å². The molecule has 100 valence electrons. The molecule has 1 amide bonds. The highest BCUT2D eigenvalue weighted by Gasteiger charge is 2.36. The Morgan fingerprint density at radius 2 is 2.33 bits per heavy atom. The standard InChI is InChI=1S/C12H17NO4S/c1-7-3-10(17-8(7)2)12-13(4-9(15)5-14)11(16)6-18-12/h3,9,12,14-15H,4-6H2,1-2H3/t9-,12?/m0/s1. The van der Waals surface area contributed by atoms with Crippen LogP contribution in [0.3, 0.4) is 0 Å². The molecule has 2 heterocycles. The van der Waals surface area contributed by atoms with E-state index in [9.17, 15) is 9.90 Å². The van der Waals surface area contributed by atoms with Gasteiger partial charge in [0.15, 0.2) is 0 Å². The number of furan rings is 1. The summed E-state index contributed by atoms with van der Waals surface area (Å²) in [7, 11) is 0. The van der Waals surface area contributed by atoms with Crippen LogP contribution in [0.15, 0.2) is 10.5 Å². The quantitative estimate of drug-likeness (QED) is 0.848. The molecule has 1 saturated heterocycles. The zero-order chi connectivity index (χ0) is 13.3. The predicted octanol–water partition coefficient (Wildman–Crippen LogP) is 0.824. The van der Waals surface area contributed by atoms with Crippen molar-refractivity contribution in [1.82, 2.24) is 4.90 Å². The first kappa shape index (κ1) is 13.5. The summed E-state index contributed by atoms with van der Waals surface area (Å²) >= 11 is 1.48. The molecule has 2 rings (SSSR count). The molecule has 1 aliphatic rings. The minimum Gasteiger partial charge on any atom is -0.463 e. The summed E-state index contributed by atoms with van der Waals surface area (Å²) in [5.41, 5.74) is 1.05. The maximum absolute atomic E-state index is 11.8. The SMILES string of the molecule is Cc1cc(C2SCC(=O)N2C[C@H](O)CO)oc1C. The van der Waals surface area contributed by atoms with Crippen LogP contribution in [0.5, 0.6) is 0 Å². The van der Waals surface area contributed by atoms with Gasteiger partial charge in [0.25, 0.3) is 0 Å². The number of nitrogens with zero attached hydrogens (tertiary/aromatic N) is 1. The third kappa shape index (κ3) is 2.55. The summed E-state index contributed by atoms with van der Waals surface area (Å²) < 4.78 is 5.63. The van der Waals surface area contributed by atoms with Crippen LogP contribution in [0, 0.1) is 13.8 Å². The van der Waals surface area contributed by atoms with Crippen LogP contribution in [-0.4, -0.2) is 46.0 Å². The minimum absolute atomic E-state index is 0.0378. The monoisotopic (exact) mass is 271 g/mol. The van der Waals surface area contributed by atoms with Crippen molar-refractivity contribution in [2.75, 3.05) is 18.9 Å². The number of aliphatic hydroxyl groups is 2. The van der Waals surface area contributed by atoms with Crippen LogP contribution in [0.1, 0.15) is 22.5 Å². The zero-order valence-corrected chi connectivity index (χ0v) is 11.2. The van der Waals surface area contributed by atoms with Gasteiger partial charge in [-0.2, -0.15) is 0 Å². The fourth-order valence-corrected chi connectivity index (χ4v) is 3.03. The molecule has 0 aliphatic carbocycles. The van der Waals surface area contributed by atoms with Crippen molar-refractivity contribution in [3.05, 3.63) is 23.2 Å². The minimum atomic E-state index is -0.910. The highest BCUT2D eigenvalue weighted by Crippen LogP contribution is 2.39. The summed E-state index contributed by atoms with van der Waals surface area (Å²) in [4.78, 5) is 13.3. The summed E-state index contributed by atoms with van der Waals surface area (Å²) in [6.07, 6.45) is -0.910. The van der Waals surface area contributed by atoms with Crippen LogP contribution in [0.2, 0.25) is 0 Å². The molecule has 5 nitrogen and oxygen atoms in total. The Hall–Kier alpha value is -0.980. The summed E-state index contributed by atoms with van der Waals surface area (Å²) in [5.74, 6) is 1.91. The Morgan fingerprint density at radius 1 is 1.61 bits per heavy atom. The molecule has 2 N–H and O–H groups in total. The maximum atomic E-state index is 11.8. The van der Waals surface area contributed by atoms with Crippen LogP contribution < -0.4 is 0 Å². The largest absolute Gasteiger partial charge is 0.463 e. The van der Waals surface area contributed by atoms with Crippen molar-refractivity contribution in [3.8, 4) is 0 Å². The number of aryl methyl sites for hydroxylation is 2. The third-order valence-electron chi connectivity index (χ3n) is 3.01. The lowest BCUT2D eigenvalue weighted by molar-refractivity contribution is -0.130. The molecule has 0 aromatic carbocycles. The van der Waals surface area contributed by atoms with Crippen LogP contribution in [-0.2, 0) is 4.79 Å². The van der Waals surface area contributed by atoms with Gasteiger partial charge in [0.1, 0.15) is 16.9 Å². The molecular weight excluding hydrogens is 254 g/mol. The second-order valence-corrected chi connectivity index (χ2v) is 5.50. The van der Waals surface area contributed by atoms with Gasteiger partial charge in [-0.05, 0) is 25.5 Å². The lowest BCUT2D eigenvalue weighted by Crippen LogP contribution is -2.36. The molecule has 0 spiro atoms. The summed E-state index contributed by atoms with van der Waals surface area (Å²) in [6, 6.07) is 1.92. The van der Waals surface area contributed by atoms with Crippen LogP contribution >= 0.6 is 11.8 Å².